The first-order chi connectivity index (χ1) is 11.8. The van der Waals surface area contributed by atoms with Crippen LogP contribution in [0.3, 0.4) is 0 Å². The number of nitrogens with zero attached hydrogens (tertiary/aromatic N) is 2. The highest BCUT2D eigenvalue weighted by Crippen LogP contribution is 2.38. The molecule has 4 heteroatoms. The predicted octanol–water partition coefficient (Wildman–Crippen LogP) is 5.18. The molecule has 0 spiro atoms. The number of piperidine rings is 1. The summed E-state index contributed by atoms with van der Waals surface area (Å²) in [4.78, 5) is 7.97. The zero-order valence-corrected chi connectivity index (χ0v) is 14.5. The van der Waals surface area contributed by atoms with Crippen molar-refractivity contribution in [3.05, 3.63) is 48.7 Å². The molecule has 3 heterocycles. The fraction of sp³-hybridized carbons (Fsp3) is 0.250. The summed E-state index contributed by atoms with van der Waals surface area (Å²) < 4.78 is 1.16. The van der Waals surface area contributed by atoms with Gasteiger partial charge >= 0.3 is 0 Å². The molecule has 4 rings (SSSR count). The lowest BCUT2D eigenvalue weighted by Crippen LogP contribution is -2.29. The summed E-state index contributed by atoms with van der Waals surface area (Å²) in [5, 5.41) is 1.02. The number of aromatic nitrogens is 1. The molecule has 0 saturated carbocycles. The van der Waals surface area contributed by atoms with Crippen LogP contribution in [0.25, 0.3) is 26.6 Å². The quantitative estimate of drug-likeness (QED) is 0.717. The molecule has 1 aliphatic rings. The average molecular weight is 335 g/mol. The molecule has 0 aliphatic carbocycles. The summed E-state index contributed by atoms with van der Waals surface area (Å²) in [6.07, 6.45) is 7.60. The molecule has 1 aliphatic heterocycles. The Bertz CT molecular complexity index is 874. The molecule has 1 saturated heterocycles. The fourth-order valence-electron chi connectivity index (χ4n) is 3.34. The van der Waals surface area contributed by atoms with Crippen molar-refractivity contribution >= 4 is 39.0 Å². The van der Waals surface area contributed by atoms with Gasteiger partial charge in [0.15, 0.2) is 0 Å². The molecule has 0 amide bonds. The molecule has 3 nitrogen and oxygen atoms in total. The maximum Gasteiger partial charge on any atom is 0.132 e. The highest BCUT2D eigenvalue weighted by Gasteiger charge is 2.13. The number of anilines is 2. The molecular formula is C20H21N3S. The van der Waals surface area contributed by atoms with Crippen LogP contribution in [0.2, 0.25) is 0 Å². The van der Waals surface area contributed by atoms with E-state index in [0.717, 1.165) is 15.6 Å². The van der Waals surface area contributed by atoms with Crippen LogP contribution < -0.4 is 10.6 Å². The second-order valence-electron chi connectivity index (χ2n) is 6.25. The average Bonchev–Trinajstić information content (AvgIpc) is 3.09. The smallest absolute Gasteiger partial charge is 0.132 e. The van der Waals surface area contributed by atoms with Crippen molar-refractivity contribution in [3.8, 4) is 10.4 Å². The Balaban J connectivity index is 1.69. The lowest BCUT2D eigenvalue weighted by molar-refractivity contribution is 0.578. The standard InChI is InChI=1S/C20H21N3S/c1-2-14-13-22-20(21)17-12-18(24-19(14)17)15-6-8-16(9-7-15)23-10-4-3-5-11-23/h2,6-9,12-13H,1,3-5,10-11H2,(H2,21,22). The first kappa shape index (κ1) is 15.2. The Hall–Kier alpha value is -2.33. The van der Waals surface area contributed by atoms with E-state index in [1.165, 1.54) is 48.5 Å². The van der Waals surface area contributed by atoms with Gasteiger partial charge in [-0.2, -0.15) is 0 Å². The predicted molar refractivity (Wildman–Crippen MR) is 106 cm³/mol. The number of hydrogen-bond acceptors (Lipinski definition) is 4. The van der Waals surface area contributed by atoms with Gasteiger partial charge in [0.25, 0.3) is 0 Å². The van der Waals surface area contributed by atoms with E-state index in [9.17, 15) is 0 Å². The summed E-state index contributed by atoms with van der Waals surface area (Å²) >= 11 is 1.75. The van der Waals surface area contributed by atoms with Gasteiger partial charge in [0.1, 0.15) is 5.82 Å². The van der Waals surface area contributed by atoms with Crippen LogP contribution in [0.1, 0.15) is 24.8 Å². The normalized spacial score (nSPS) is 14.9. The van der Waals surface area contributed by atoms with E-state index in [4.69, 9.17) is 5.73 Å². The van der Waals surface area contributed by atoms with Gasteiger partial charge in [-0.05, 0) is 43.0 Å². The van der Waals surface area contributed by atoms with Crippen molar-refractivity contribution < 1.29 is 0 Å². The van der Waals surface area contributed by atoms with Gasteiger partial charge in [-0.1, -0.05) is 24.8 Å². The van der Waals surface area contributed by atoms with Gasteiger partial charge in [-0.3, -0.25) is 0 Å². The number of benzene rings is 1. The zero-order chi connectivity index (χ0) is 16.5. The van der Waals surface area contributed by atoms with E-state index in [1.807, 2.05) is 6.08 Å². The Morgan fingerprint density at radius 2 is 1.88 bits per heavy atom. The summed E-state index contributed by atoms with van der Waals surface area (Å²) in [7, 11) is 0. The second kappa shape index (κ2) is 6.29. The lowest BCUT2D eigenvalue weighted by atomic mass is 10.1. The largest absolute Gasteiger partial charge is 0.383 e. The summed E-state index contributed by atoms with van der Waals surface area (Å²) in [6, 6.07) is 11.0. The molecule has 1 aromatic carbocycles. The molecule has 1 fully saturated rings. The third-order valence-electron chi connectivity index (χ3n) is 4.71. The molecular weight excluding hydrogens is 314 g/mol. The number of nitrogens with two attached hydrogens (primary N) is 1. The van der Waals surface area contributed by atoms with Gasteiger partial charge in [0.2, 0.25) is 0 Å². The minimum absolute atomic E-state index is 0.586. The number of fused-ring (bicyclic) bond motifs is 1. The van der Waals surface area contributed by atoms with E-state index in [2.05, 4.69) is 46.8 Å². The highest BCUT2D eigenvalue weighted by atomic mass is 32.1. The van der Waals surface area contributed by atoms with Crippen molar-refractivity contribution in [1.29, 1.82) is 0 Å². The summed E-state index contributed by atoms with van der Waals surface area (Å²) in [5.74, 6) is 0.586. The van der Waals surface area contributed by atoms with E-state index in [0.29, 0.717) is 5.82 Å². The topological polar surface area (TPSA) is 42.1 Å². The van der Waals surface area contributed by atoms with Gasteiger partial charge < -0.3 is 10.6 Å². The van der Waals surface area contributed by atoms with E-state index in [-0.39, 0.29) is 0 Å². The Kier molecular flexibility index (Phi) is 3.98. The van der Waals surface area contributed by atoms with Crippen LogP contribution in [0, 0.1) is 0 Å². The summed E-state index contributed by atoms with van der Waals surface area (Å²) in [6.45, 7) is 6.22. The first-order valence-corrected chi connectivity index (χ1v) is 9.24. The van der Waals surface area contributed by atoms with E-state index < -0.39 is 0 Å². The number of nitrogen functional groups attached to an aromatic ring is 1. The van der Waals surface area contributed by atoms with Crippen LogP contribution >= 0.6 is 11.3 Å². The third kappa shape index (κ3) is 2.67. The monoisotopic (exact) mass is 335 g/mol. The van der Waals surface area contributed by atoms with Crippen LogP contribution in [-0.2, 0) is 0 Å². The fourth-order valence-corrected chi connectivity index (χ4v) is 4.52. The van der Waals surface area contributed by atoms with E-state index >= 15 is 0 Å². The number of pyridine rings is 1. The minimum atomic E-state index is 0.586. The van der Waals surface area contributed by atoms with Crippen LogP contribution in [0.4, 0.5) is 11.5 Å². The van der Waals surface area contributed by atoms with E-state index in [1.54, 1.807) is 17.5 Å². The Morgan fingerprint density at radius 1 is 1.12 bits per heavy atom. The third-order valence-corrected chi connectivity index (χ3v) is 5.94. The number of thiophene rings is 1. The van der Waals surface area contributed by atoms with Crippen molar-refractivity contribution in [2.45, 2.75) is 19.3 Å². The van der Waals surface area contributed by atoms with Gasteiger partial charge in [-0.25, -0.2) is 4.98 Å². The van der Waals surface area contributed by atoms with Crippen molar-refractivity contribution in [1.82, 2.24) is 4.98 Å². The van der Waals surface area contributed by atoms with Crippen molar-refractivity contribution in [2.24, 2.45) is 0 Å². The zero-order valence-electron chi connectivity index (χ0n) is 13.7. The number of hydrogen-bond donors (Lipinski definition) is 1. The molecule has 0 bridgehead atoms. The minimum Gasteiger partial charge on any atom is -0.383 e. The second-order valence-corrected chi connectivity index (χ2v) is 7.30. The molecule has 3 aromatic rings. The molecule has 2 N–H and O–H groups in total. The lowest BCUT2D eigenvalue weighted by Gasteiger charge is -2.28. The SMILES string of the molecule is C=Cc1cnc(N)c2cc(-c3ccc(N4CCCCC4)cc3)sc12. The van der Waals surface area contributed by atoms with Gasteiger partial charge in [0.05, 0.1) is 0 Å². The van der Waals surface area contributed by atoms with Gasteiger partial charge in [-0.15, -0.1) is 11.3 Å². The number of rotatable bonds is 3. The van der Waals surface area contributed by atoms with Gasteiger partial charge in [0, 0.05) is 45.5 Å². The molecule has 0 radical (unpaired) electrons. The Morgan fingerprint density at radius 3 is 2.58 bits per heavy atom. The van der Waals surface area contributed by atoms with Crippen LogP contribution in [0.15, 0.2) is 43.1 Å². The molecule has 0 atom stereocenters. The Labute approximate surface area is 146 Å². The molecule has 24 heavy (non-hydrogen) atoms. The summed E-state index contributed by atoms with van der Waals surface area (Å²) in [5.41, 5.74) is 9.64. The first-order valence-electron chi connectivity index (χ1n) is 8.42. The maximum atomic E-state index is 6.05. The highest BCUT2D eigenvalue weighted by molar-refractivity contribution is 7.22. The van der Waals surface area contributed by atoms with Crippen LogP contribution in [0.5, 0.6) is 0 Å². The van der Waals surface area contributed by atoms with Crippen molar-refractivity contribution in [3.63, 3.8) is 0 Å². The van der Waals surface area contributed by atoms with Crippen LogP contribution in [-0.4, -0.2) is 18.1 Å². The maximum absolute atomic E-state index is 6.05. The molecule has 2 aromatic heterocycles. The van der Waals surface area contributed by atoms with Crippen molar-refractivity contribution in [2.75, 3.05) is 23.7 Å². The molecule has 122 valence electrons. The molecule has 0 unspecified atom stereocenters.